The van der Waals surface area contributed by atoms with Gasteiger partial charge in [-0.3, -0.25) is 4.79 Å². The molecule has 0 atom stereocenters. The Bertz CT molecular complexity index is 328. The summed E-state index contributed by atoms with van der Waals surface area (Å²) in [5.41, 5.74) is 1.14. The highest BCUT2D eigenvalue weighted by molar-refractivity contribution is 8.00. The van der Waals surface area contributed by atoms with Crippen LogP contribution in [0, 0.1) is 0 Å². The van der Waals surface area contributed by atoms with Crippen molar-refractivity contribution in [3.63, 3.8) is 0 Å². The Morgan fingerprint density at radius 2 is 1.88 bits per heavy atom. The van der Waals surface area contributed by atoms with Gasteiger partial charge in [-0.1, -0.05) is 43.2 Å². The molecule has 2 heteroatoms. The molecule has 1 aliphatic rings. The van der Waals surface area contributed by atoms with Crippen molar-refractivity contribution in [1.29, 1.82) is 0 Å². The summed E-state index contributed by atoms with van der Waals surface area (Å²) in [4.78, 5) is 11.7. The van der Waals surface area contributed by atoms with E-state index in [4.69, 9.17) is 0 Å². The second-order valence-electron chi connectivity index (χ2n) is 4.42. The number of carbonyl (C=O) groups excluding carboxylic acids is 1. The predicted octanol–water partition coefficient (Wildman–Crippen LogP) is 3.47. The van der Waals surface area contributed by atoms with E-state index in [2.05, 4.69) is 0 Å². The average Bonchev–Trinajstić information content (AvgIpc) is 2.81. The van der Waals surface area contributed by atoms with Crippen molar-refractivity contribution in [2.24, 2.45) is 0 Å². The van der Waals surface area contributed by atoms with Gasteiger partial charge in [-0.2, -0.15) is 11.8 Å². The standard InChI is InChI=1S/C14H18OS/c15-13(10-12-6-2-1-3-7-12)11-16-14-8-4-5-9-14/h1-3,6-7,14H,4-5,8-11H2. The fraction of sp³-hybridized carbons (Fsp3) is 0.500. The number of ketones is 1. The summed E-state index contributed by atoms with van der Waals surface area (Å²) in [5.74, 6) is 1.06. The van der Waals surface area contributed by atoms with Crippen LogP contribution < -0.4 is 0 Å². The summed E-state index contributed by atoms with van der Waals surface area (Å²) < 4.78 is 0. The van der Waals surface area contributed by atoms with Crippen LogP contribution in [0.15, 0.2) is 30.3 Å². The summed E-state index contributed by atoms with van der Waals surface area (Å²) in [6.45, 7) is 0. The van der Waals surface area contributed by atoms with Crippen LogP contribution in [0.2, 0.25) is 0 Å². The van der Waals surface area contributed by atoms with Crippen LogP contribution >= 0.6 is 11.8 Å². The van der Waals surface area contributed by atoms with Crippen molar-refractivity contribution < 1.29 is 4.79 Å². The molecule has 0 N–H and O–H groups in total. The summed E-state index contributed by atoms with van der Waals surface area (Å²) in [6.07, 6.45) is 5.92. The first-order valence-electron chi connectivity index (χ1n) is 6.02. The SMILES string of the molecule is O=C(CSC1CCCC1)Cc1ccccc1. The van der Waals surface area contributed by atoms with Gasteiger partial charge in [0.25, 0.3) is 0 Å². The van der Waals surface area contributed by atoms with Gasteiger partial charge in [0.1, 0.15) is 5.78 Å². The van der Waals surface area contributed by atoms with Crippen molar-refractivity contribution in [2.45, 2.75) is 37.4 Å². The van der Waals surface area contributed by atoms with Gasteiger partial charge in [0.05, 0.1) is 5.75 Å². The van der Waals surface area contributed by atoms with E-state index in [0.717, 1.165) is 10.8 Å². The smallest absolute Gasteiger partial charge is 0.147 e. The lowest BCUT2D eigenvalue weighted by atomic mass is 10.1. The Morgan fingerprint density at radius 3 is 2.56 bits per heavy atom. The van der Waals surface area contributed by atoms with Crippen molar-refractivity contribution in [3.8, 4) is 0 Å². The van der Waals surface area contributed by atoms with E-state index in [1.165, 1.54) is 25.7 Å². The molecule has 0 heterocycles. The van der Waals surface area contributed by atoms with Gasteiger partial charge in [-0.05, 0) is 18.4 Å². The highest BCUT2D eigenvalue weighted by Crippen LogP contribution is 2.29. The van der Waals surface area contributed by atoms with Crippen molar-refractivity contribution in [3.05, 3.63) is 35.9 Å². The lowest BCUT2D eigenvalue weighted by Crippen LogP contribution is -2.08. The second-order valence-corrected chi connectivity index (χ2v) is 5.71. The first-order valence-corrected chi connectivity index (χ1v) is 7.07. The van der Waals surface area contributed by atoms with Crippen molar-refractivity contribution in [2.75, 3.05) is 5.75 Å². The summed E-state index contributed by atoms with van der Waals surface area (Å²) in [5, 5.41) is 0.750. The molecular weight excluding hydrogens is 216 g/mol. The monoisotopic (exact) mass is 234 g/mol. The van der Waals surface area contributed by atoms with Gasteiger partial charge in [0.2, 0.25) is 0 Å². The first-order chi connectivity index (χ1) is 7.84. The zero-order valence-corrected chi connectivity index (χ0v) is 10.3. The van der Waals surface area contributed by atoms with Crippen LogP contribution in [-0.2, 0) is 11.2 Å². The molecule has 16 heavy (non-hydrogen) atoms. The maximum Gasteiger partial charge on any atom is 0.147 e. The molecule has 0 bridgehead atoms. The highest BCUT2D eigenvalue weighted by atomic mass is 32.2. The van der Waals surface area contributed by atoms with Gasteiger partial charge in [0.15, 0.2) is 0 Å². The van der Waals surface area contributed by atoms with Crippen molar-refractivity contribution >= 4 is 17.5 Å². The quantitative estimate of drug-likeness (QED) is 0.776. The normalized spacial score (nSPS) is 16.5. The second kappa shape index (κ2) is 6.09. The van der Waals surface area contributed by atoms with Crippen LogP contribution in [0.1, 0.15) is 31.2 Å². The van der Waals surface area contributed by atoms with Gasteiger partial charge < -0.3 is 0 Å². The molecule has 0 radical (unpaired) electrons. The molecule has 0 saturated heterocycles. The summed E-state index contributed by atoms with van der Waals surface area (Å²) >= 11 is 1.86. The van der Waals surface area contributed by atoms with E-state index in [1.807, 2.05) is 42.1 Å². The molecule has 0 aliphatic heterocycles. The maximum atomic E-state index is 11.7. The number of Topliss-reactive ketones (excluding diaryl/α,β-unsaturated/α-hetero) is 1. The third kappa shape index (κ3) is 3.67. The van der Waals surface area contributed by atoms with E-state index in [9.17, 15) is 4.79 Å². The maximum absolute atomic E-state index is 11.7. The molecule has 0 spiro atoms. The van der Waals surface area contributed by atoms with Crippen LogP contribution in [-0.4, -0.2) is 16.8 Å². The molecule has 2 rings (SSSR count). The Hall–Kier alpha value is -0.760. The zero-order valence-electron chi connectivity index (χ0n) is 9.52. The number of hydrogen-bond donors (Lipinski definition) is 0. The van der Waals surface area contributed by atoms with Crippen LogP contribution in [0.25, 0.3) is 0 Å². The third-order valence-electron chi connectivity index (χ3n) is 3.03. The molecule has 1 aliphatic carbocycles. The highest BCUT2D eigenvalue weighted by Gasteiger charge is 2.16. The lowest BCUT2D eigenvalue weighted by Gasteiger charge is -2.07. The van der Waals surface area contributed by atoms with Gasteiger partial charge in [-0.25, -0.2) is 0 Å². The van der Waals surface area contributed by atoms with E-state index < -0.39 is 0 Å². The Morgan fingerprint density at radius 1 is 1.19 bits per heavy atom. The minimum Gasteiger partial charge on any atom is -0.298 e. The lowest BCUT2D eigenvalue weighted by molar-refractivity contribution is -0.116. The average molecular weight is 234 g/mol. The van der Waals surface area contributed by atoms with Crippen molar-refractivity contribution in [1.82, 2.24) is 0 Å². The molecule has 1 fully saturated rings. The molecule has 1 aromatic rings. The first kappa shape index (κ1) is 11.7. The molecule has 0 amide bonds. The van der Waals surface area contributed by atoms with Gasteiger partial charge >= 0.3 is 0 Å². The van der Waals surface area contributed by atoms with E-state index in [-0.39, 0.29) is 0 Å². The Balaban J connectivity index is 1.72. The predicted molar refractivity (Wildman–Crippen MR) is 69.9 cm³/mol. The zero-order chi connectivity index (χ0) is 11.2. The minimum absolute atomic E-state index is 0.364. The molecule has 0 unspecified atom stereocenters. The topological polar surface area (TPSA) is 17.1 Å². The Labute approximate surface area is 102 Å². The molecule has 1 nitrogen and oxygen atoms in total. The molecule has 1 saturated carbocycles. The number of thioether (sulfide) groups is 1. The molecule has 86 valence electrons. The number of carbonyl (C=O) groups is 1. The number of benzene rings is 1. The van der Waals surface area contributed by atoms with E-state index >= 15 is 0 Å². The van der Waals surface area contributed by atoms with Crippen LogP contribution in [0.5, 0.6) is 0 Å². The van der Waals surface area contributed by atoms with Crippen LogP contribution in [0.4, 0.5) is 0 Å². The summed E-state index contributed by atoms with van der Waals surface area (Å²) in [7, 11) is 0. The van der Waals surface area contributed by atoms with E-state index in [0.29, 0.717) is 18.0 Å². The summed E-state index contributed by atoms with van der Waals surface area (Å²) in [6, 6.07) is 10.0. The Kier molecular flexibility index (Phi) is 4.46. The number of hydrogen-bond acceptors (Lipinski definition) is 2. The number of rotatable bonds is 5. The van der Waals surface area contributed by atoms with Crippen LogP contribution in [0.3, 0.4) is 0 Å². The van der Waals surface area contributed by atoms with Gasteiger partial charge in [-0.15, -0.1) is 0 Å². The van der Waals surface area contributed by atoms with Gasteiger partial charge in [0, 0.05) is 11.7 Å². The van der Waals surface area contributed by atoms with E-state index in [1.54, 1.807) is 0 Å². The molecular formula is C14H18OS. The molecule has 0 aromatic heterocycles. The fourth-order valence-corrected chi connectivity index (χ4v) is 3.33. The largest absolute Gasteiger partial charge is 0.298 e. The molecule has 1 aromatic carbocycles. The minimum atomic E-state index is 0.364. The third-order valence-corrected chi connectivity index (χ3v) is 4.46. The fourth-order valence-electron chi connectivity index (χ4n) is 2.14.